The summed E-state index contributed by atoms with van der Waals surface area (Å²) in [7, 11) is 1.74. The highest BCUT2D eigenvalue weighted by Crippen LogP contribution is 2.32. The van der Waals surface area contributed by atoms with Gasteiger partial charge in [0.2, 0.25) is 0 Å². The number of benzene rings is 3. The molecule has 3 aromatic carbocycles. The maximum atomic E-state index is 13.4. The standard InChI is InChI=1S/C26H22FN3O4/c1-28(17-19-5-3-2-4-6-19)24-23(20-9-13-22(14-10-20)30(33)34)25(31)29(26(24)32)16-15-18-7-11-21(27)12-8-18/h2-14H,15-17H2,1H3. The van der Waals surface area contributed by atoms with E-state index >= 15 is 0 Å². The van der Waals surface area contributed by atoms with E-state index in [4.69, 9.17) is 0 Å². The average Bonchev–Trinajstić information content (AvgIpc) is 3.09. The van der Waals surface area contributed by atoms with Crippen molar-refractivity contribution in [2.24, 2.45) is 0 Å². The maximum Gasteiger partial charge on any atom is 0.277 e. The molecular weight excluding hydrogens is 437 g/mol. The Morgan fingerprint density at radius 2 is 1.53 bits per heavy atom. The minimum atomic E-state index is -0.517. The van der Waals surface area contributed by atoms with Crippen molar-refractivity contribution < 1.29 is 18.9 Å². The molecule has 0 unspecified atom stereocenters. The van der Waals surface area contributed by atoms with Crippen molar-refractivity contribution in [3.05, 3.63) is 117 Å². The number of non-ortho nitro benzene ring substituents is 1. The van der Waals surface area contributed by atoms with E-state index in [0.29, 0.717) is 18.5 Å². The van der Waals surface area contributed by atoms with Crippen LogP contribution in [0.5, 0.6) is 0 Å². The number of nitrogens with zero attached hydrogens (tertiary/aromatic N) is 3. The van der Waals surface area contributed by atoms with Gasteiger partial charge in [0, 0.05) is 32.3 Å². The van der Waals surface area contributed by atoms with Gasteiger partial charge in [-0.1, -0.05) is 42.5 Å². The lowest BCUT2D eigenvalue weighted by Crippen LogP contribution is -2.35. The van der Waals surface area contributed by atoms with Gasteiger partial charge in [-0.3, -0.25) is 24.6 Å². The Morgan fingerprint density at radius 3 is 2.15 bits per heavy atom. The smallest absolute Gasteiger partial charge is 0.277 e. The average molecular weight is 459 g/mol. The number of hydrogen-bond acceptors (Lipinski definition) is 5. The molecule has 0 aromatic heterocycles. The van der Waals surface area contributed by atoms with Gasteiger partial charge in [-0.05, 0) is 47.4 Å². The lowest BCUT2D eigenvalue weighted by molar-refractivity contribution is -0.384. The maximum absolute atomic E-state index is 13.4. The first-order valence-corrected chi connectivity index (χ1v) is 10.7. The van der Waals surface area contributed by atoms with Gasteiger partial charge in [0.15, 0.2) is 0 Å². The van der Waals surface area contributed by atoms with Gasteiger partial charge < -0.3 is 4.90 Å². The lowest BCUT2D eigenvalue weighted by Gasteiger charge is -2.21. The highest BCUT2D eigenvalue weighted by molar-refractivity contribution is 6.35. The molecule has 1 heterocycles. The molecule has 7 nitrogen and oxygen atoms in total. The molecule has 172 valence electrons. The van der Waals surface area contributed by atoms with Crippen LogP contribution in [0.1, 0.15) is 16.7 Å². The third kappa shape index (κ3) is 4.71. The number of likely N-dealkylation sites (N-methyl/N-ethyl adjacent to an activating group) is 1. The van der Waals surface area contributed by atoms with Crippen LogP contribution in [-0.2, 0) is 22.6 Å². The van der Waals surface area contributed by atoms with Crippen LogP contribution in [0, 0.1) is 15.9 Å². The number of halogens is 1. The predicted octanol–water partition coefficient (Wildman–Crippen LogP) is 4.19. The summed E-state index contributed by atoms with van der Waals surface area (Å²) in [6.07, 6.45) is 0.376. The number of imide groups is 1. The van der Waals surface area contributed by atoms with E-state index in [2.05, 4.69) is 0 Å². The van der Waals surface area contributed by atoms with E-state index in [9.17, 15) is 24.1 Å². The van der Waals surface area contributed by atoms with Gasteiger partial charge >= 0.3 is 0 Å². The summed E-state index contributed by atoms with van der Waals surface area (Å²) in [5, 5.41) is 11.1. The monoisotopic (exact) mass is 459 g/mol. The number of carbonyl (C=O) groups excluding carboxylic acids is 2. The van der Waals surface area contributed by atoms with E-state index in [1.165, 1.54) is 41.3 Å². The van der Waals surface area contributed by atoms with E-state index in [1.54, 1.807) is 24.1 Å². The van der Waals surface area contributed by atoms with Crippen LogP contribution in [0.15, 0.2) is 84.6 Å². The first kappa shape index (κ1) is 22.8. The van der Waals surface area contributed by atoms with Crippen LogP contribution in [0.25, 0.3) is 5.57 Å². The molecule has 4 rings (SSSR count). The van der Waals surface area contributed by atoms with Gasteiger partial charge in [0.1, 0.15) is 11.5 Å². The number of rotatable bonds is 8. The van der Waals surface area contributed by atoms with Gasteiger partial charge in [-0.15, -0.1) is 0 Å². The first-order chi connectivity index (χ1) is 16.3. The first-order valence-electron chi connectivity index (χ1n) is 10.7. The normalized spacial score (nSPS) is 13.5. The van der Waals surface area contributed by atoms with Crippen molar-refractivity contribution in [3.8, 4) is 0 Å². The summed E-state index contributed by atoms with van der Waals surface area (Å²) in [6.45, 7) is 0.528. The zero-order valence-corrected chi connectivity index (χ0v) is 18.5. The molecule has 0 fully saturated rings. The second-order valence-electron chi connectivity index (χ2n) is 8.01. The minimum Gasteiger partial charge on any atom is -0.365 e. The third-order valence-electron chi connectivity index (χ3n) is 5.69. The van der Waals surface area contributed by atoms with Gasteiger partial charge in [0.25, 0.3) is 17.5 Å². The molecular formula is C26H22FN3O4. The minimum absolute atomic E-state index is 0.103. The number of amides is 2. The second kappa shape index (κ2) is 9.66. The molecule has 34 heavy (non-hydrogen) atoms. The molecule has 0 aliphatic carbocycles. The van der Waals surface area contributed by atoms with Crippen LogP contribution >= 0.6 is 0 Å². The molecule has 8 heteroatoms. The van der Waals surface area contributed by atoms with Gasteiger partial charge in [0.05, 0.1) is 10.5 Å². The number of carbonyl (C=O) groups is 2. The van der Waals surface area contributed by atoms with Crippen molar-refractivity contribution in [3.63, 3.8) is 0 Å². The summed E-state index contributed by atoms with van der Waals surface area (Å²) in [4.78, 5) is 40.3. The van der Waals surface area contributed by atoms with Crippen LogP contribution < -0.4 is 0 Å². The Labute approximate surface area is 195 Å². The van der Waals surface area contributed by atoms with Crippen molar-refractivity contribution in [2.45, 2.75) is 13.0 Å². The fraction of sp³-hybridized carbons (Fsp3) is 0.154. The lowest BCUT2D eigenvalue weighted by atomic mass is 10.0. The Kier molecular flexibility index (Phi) is 6.49. The van der Waals surface area contributed by atoms with Gasteiger partial charge in [-0.2, -0.15) is 0 Å². The predicted molar refractivity (Wildman–Crippen MR) is 125 cm³/mol. The van der Waals surface area contributed by atoms with Crippen molar-refractivity contribution in [1.82, 2.24) is 9.80 Å². The summed E-state index contributed by atoms with van der Waals surface area (Å²) in [5.41, 5.74) is 2.53. The fourth-order valence-corrected chi connectivity index (χ4v) is 3.96. The zero-order chi connectivity index (χ0) is 24.2. The molecule has 0 atom stereocenters. The van der Waals surface area contributed by atoms with Crippen molar-refractivity contribution in [1.29, 1.82) is 0 Å². The van der Waals surface area contributed by atoms with Crippen LogP contribution in [0.4, 0.5) is 10.1 Å². The van der Waals surface area contributed by atoms with Crippen molar-refractivity contribution in [2.75, 3.05) is 13.6 Å². The fourth-order valence-electron chi connectivity index (χ4n) is 3.96. The van der Waals surface area contributed by atoms with E-state index < -0.39 is 16.7 Å². The second-order valence-corrected chi connectivity index (χ2v) is 8.01. The summed E-state index contributed by atoms with van der Waals surface area (Å²) >= 11 is 0. The molecule has 0 saturated heterocycles. The third-order valence-corrected chi connectivity index (χ3v) is 5.69. The Bertz CT molecular complexity index is 1260. The number of hydrogen-bond donors (Lipinski definition) is 0. The molecule has 0 radical (unpaired) electrons. The van der Waals surface area contributed by atoms with E-state index in [0.717, 1.165) is 11.1 Å². The molecule has 0 saturated carbocycles. The zero-order valence-electron chi connectivity index (χ0n) is 18.5. The Morgan fingerprint density at radius 1 is 0.882 bits per heavy atom. The molecule has 1 aliphatic heterocycles. The SMILES string of the molecule is CN(Cc1ccccc1)C1=C(c2ccc([N+](=O)[O-])cc2)C(=O)N(CCc2ccc(F)cc2)C1=O. The number of nitro benzene ring substituents is 1. The molecule has 1 aliphatic rings. The molecule has 3 aromatic rings. The highest BCUT2D eigenvalue weighted by Gasteiger charge is 2.40. The molecule has 0 spiro atoms. The topological polar surface area (TPSA) is 83.8 Å². The number of nitro groups is 1. The van der Waals surface area contributed by atoms with E-state index in [1.807, 2.05) is 30.3 Å². The van der Waals surface area contributed by atoms with Gasteiger partial charge in [-0.25, -0.2) is 4.39 Å². The largest absolute Gasteiger partial charge is 0.365 e. The molecule has 0 bridgehead atoms. The van der Waals surface area contributed by atoms with Crippen LogP contribution in [0.2, 0.25) is 0 Å². The quantitative estimate of drug-likeness (QED) is 0.287. The summed E-state index contributed by atoms with van der Waals surface area (Å²) in [5.74, 6) is -1.25. The Balaban J connectivity index is 1.66. The molecule has 0 N–H and O–H groups in total. The molecule has 2 amide bonds. The summed E-state index contributed by atoms with van der Waals surface area (Å²) < 4.78 is 13.2. The van der Waals surface area contributed by atoms with Crippen molar-refractivity contribution >= 4 is 23.1 Å². The van der Waals surface area contributed by atoms with Crippen LogP contribution in [-0.4, -0.2) is 40.1 Å². The highest BCUT2D eigenvalue weighted by atomic mass is 19.1. The summed E-state index contributed by atoms with van der Waals surface area (Å²) in [6, 6.07) is 21.0. The van der Waals surface area contributed by atoms with E-state index in [-0.39, 0.29) is 29.3 Å². The Hall–Kier alpha value is -4.33. The van der Waals surface area contributed by atoms with Crippen LogP contribution in [0.3, 0.4) is 0 Å².